The van der Waals surface area contributed by atoms with Crippen molar-refractivity contribution in [1.29, 1.82) is 0 Å². The summed E-state index contributed by atoms with van der Waals surface area (Å²) in [5.41, 5.74) is 0. The summed E-state index contributed by atoms with van der Waals surface area (Å²) in [6.07, 6.45) is 6.00. The molecule has 0 amide bonds. The molecule has 2 aliphatic carbocycles. The van der Waals surface area contributed by atoms with Crippen LogP contribution in [0.5, 0.6) is 0 Å². The van der Waals surface area contributed by atoms with Crippen molar-refractivity contribution in [3.63, 3.8) is 0 Å². The van der Waals surface area contributed by atoms with Crippen molar-refractivity contribution in [3.05, 3.63) is 20.8 Å². The molecule has 3 rings (SSSR count). The first-order chi connectivity index (χ1) is 8.24. The van der Waals surface area contributed by atoms with Gasteiger partial charge in [0.2, 0.25) is 0 Å². The second kappa shape index (κ2) is 5.02. The Kier molecular flexibility index (Phi) is 3.60. The summed E-state index contributed by atoms with van der Waals surface area (Å²) in [7, 11) is 0. The smallest absolute Gasteiger partial charge is 0.0397 e. The van der Waals surface area contributed by atoms with E-state index in [2.05, 4.69) is 39.6 Å². The van der Waals surface area contributed by atoms with E-state index in [1.807, 2.05) is 11.3 Å². The summed E-state index contributed by atoms with van der Waals surface area (Å²) < 4.78 is 1.26. The first kappa shape index (κ1) is 12.2. The van der Waals surface area contributed by atoms with Gasteiger partial charge in [0.25, 0.3) is 0 Å². The largest absolute Gasteiger partial charge is 0.309 e. The molecule has 0 saturated heterocycles. The van der Waals surface area contributed by atoms with Crippen LogP contribution in [0.3, 0.4) is 0 Å². The quantitative estimate of drug-likeness (QED) is 0.856. The Hall–Kier alpha value is 0.140. The van der Waals surface area contributed by atoms with Crippen LogP contribution in [0.2, 0.25) is 0 Å². The van der Waals surface area contributed by atoms with Crippen molar-refractivity contribution in [3.8, 4) is 0 Å². The molecular formula is C14H20BrNS. The highest BCUT2D eigenvalue weighted by Crippen LogP contribution is 2.48. The Morgan fingerprint density at radius 1 is 1.47 bits per heavy atom. The van der Waals surface area contributed by atoms with Gasteiger partial charge in [0.1, 0.15) is 0 Å². The van der Waals surface area contributed by atoms with Gasteiger partial charge in [-0.3, -0.25) is 0 Å². The summed E-state index contributed by atoms with van der Waals surface area (Å²) in [6, 6.07) is 2.64. The average Bonchev–Trinajstić information content (AvgIpc) is 3.01. The van der Waals surface area contributed by atoms with E-state index >= 15 is 0 Å². The van der Waals surface area contributed by atoms with Crippen molar-refractivity contribution >= 4 is 27.3 Å². The first-order valence-electron chi connectivity index (χ1n) is 6.70. The van der Waals surface area contributed by atoms with Crippen LogP contribution < -0.4 is 5.32 Å². The lowest BCUT2D eigenvalue weighted by Gasteiger charge is -2.24. The molecule has 3 heteroatoms. The molecule has 1 nitrogen and oxygen atoms in total. The third kappa shape index (κ3) is 2.47. The fourth-order valence-electron chi connectivity index (χ4n) is 3.66. The molecule has 4 unspecified atom stereocenters. The molecule has 0 aliphatic heterocycles. The summed E-state index contributed by atoms with van der Waals surface area (Å²) in [6.45, 7) is 3.50. The lowest BCUT2D eigenvalue weighted by Crippen LogP contribution is -2.28. The highest BCUT2D eigenvalue weighted by molar-refractivity contribution is 9.10. The molecule has 1 heterocycles. The maximum Gasteiger partial charge on any atom is 0.0397 e. The van der Waals surface area contributed by atoms with Crippen molar-refractivity contribution in [2.45, 2.75) is 38.6 Å². The van der Waals surface area contributed by atoms with E-state index in [4.69, 9.17) is 0 Å². The van der Waals surface area contributed by atoms with Crippen LogP contribution in [0.25, 0.3) is 0 Å². The number of thiophene rings is 1. The molecule has 1 aromatic rings. The molecule has 1 N–H and O–H groups in total. The molecule has 0 aromatic carbocycles. The van der Waals surface area contributed by atoms with Crippen molar-refractivity contribution in [2.24, 2.45) is 17.8 Å². The van der Waals surface area contributed by atoms with Crippen LogP contribution in [0.15, 0.2) is 15.9 Å². The Morgan fingerprint density at radius 3 is 2.94 bits per heavy atom. The Balaban J connectivity index is 1.53. The maximum atomic E-state index is 3.73. The molecule has 17 heavy (non-hydrogen) atoms. The van der Waals surface area contributed by atoms with Gasteiger partial charge in [-0.15, -0.1) is 11.3 Å². The summed E-state index contributed by atoms with van der Waals surface area (Å²) in [5.74, 6) is 3.05. The lowest BCUT2D eigenvalue weighted by molar-refractivity contribution is 0.310. The molecule has 94 valence electrons. The monoisotopic (exact) mass is 313 g/mol. The van der Waals surface area contributed by atoms with E-state index in [1.54, 1.807) is 0 Å². The molecule has 2 aliphatic rings. The molecule has 0 spiro atoms. The van der Waals surface area contributed by atoms with Crippen molar-refractivity contribution < 1.29 is 0 Å². The number of rotatable bonds is 4. The normalized spacial score (nSPS) is 33.2. The van der Waals surface area contributed by atoms with E-state index in [0.29, 0.717) is 6.04 Å². The Bertz CT molecular complexity index is 389. The second-order valence-electron chi connectivity index (χ2n) is 5.70. The number of nitrogens with one attached hydrogen (secondary N) is 1. The summed E-state index contributed by atoms with van der Waals surface area (Å²) in [5, 5.41) is 5.89. The minimum absolute atomic E-state index is 0.489. The SMILES string of the molecule is CC(NCC1CC2CCC1C2)c1sccc1Br. The topological polar surface area (TPSA) is 12.0 Å². The molecule has 2 saturated carbocycles. The third-order valence-corrected chi connectivity index (χ3v) is 6.66. The van der Waals surface area contributed by atoms with Crippen LogP contribution in [-0.4, -0.2) is 6.54 Å². The number of hydrogen-bond donors (Lipinski definition) is 1. The highest BCUT2D eigenvalue weighted by atomic mass is 79.9. The average molecular weight is 314 g/mol. The predicted molar refractivity (Wildman–Crippen MR) is 77.4 cm³/mol. The van der Waals surface area contributed by atoms with Crippen molar-refractivity contribution in [2.75, 3.05) is 6.54 Å². The van der Waals surface area contributed by atoms with Gasteiger partial charge in [-0.25, -0.2) is 0 Å². The van der Waals surface area contributed by atoms with Gasteiger partial charge in [-0.1, -0.05) is 6.42 Å². The number of halogens is 1. The maximum absolute atomic E-state index is 3.73. The highest BCUT2D eigenvalue weighted by Gasteiger charge is 2.39. The molecule has 1 aromatic heterocycles. The van der Waals surface area contributed by atoms with Crippen LogP contribution in [0, 0.1) is 17.8 Å². The lowest BCUT2D eigenvalue weighted by atomic mass is 9.89. The number of fused-ring (bicyclic) bond motifs is 2. The van der Waals surface area contributed by atoms with Crippen LogP contribution in [0.1, 0.15) is 43.5 Å². The van der Waals surface area contributed by atoms with Gasteiger partial charge in [-0.05, 0) is 77.9 Å². The molecule has 2 bridgehead atoms. The van der Waals surface area contributed by atoms with Crippen LogP contribution in [-0.2, 0) is 0 Å². The van der Waals surface area contributed by atoms with E-state index in [1.165, 1.54) is 41.6 Å². The van der Waals surface area contributed by atoms with Gasteiger partial charge in [0.05, 0.1) is 0 Å². The first-order valence-corrected chi connectivity index (χ1v) is 8.37. The van der Waals surface area contributed by atoms with Gasteiger partial charge in [0.15, 0.2) is 0 Å². The molecule has 4 atom stereocenters. The summed E-state index contributed by atoms with van der Waals surface area (Å²) >= 11 is 5.47. The third-order valence-electron chi connectivity index (χ3n) is 4.61. The molecule has 0 radical (unpaired) electrons. The second-order valence-corrected chi connectivity index (χ2v) is 7.50. The molecular weight excluding hydrogens is 294 g/mol. The van der Waals surface area contributed by atoms with E-state index in [-0.39, 0.29) is 0 Å². The number of hydrogen-bond acceptors (Lipinski definition) is 2. The van der Waals surface area contributed by atoms with Gasteiger partial charge < -0.3 is 5.32 Å². The molecule has 2 fully saturated rings. The van der Waals surface area contributed by atoms with E-state index in [9.17, 15) is 0 Å². The van der Waals surface area contributed by atoms with Gasteiger partial charge in [0, 0.05) is 15.4 Å². The zero-order chi connectivity index (χ0) is 11.8. The Morgan fingerprint density at radius 2 is 2.35 bits per heavy atom. The van der Waals surface area contributed by atoms with Gasteiger partial charge >= 0.3 is 0 Å². The predicted octanol–water partition coefficient (Wildman–Crippen LogP) is 4.60. The fraction of sp³-hybridized carbons (Fsp3) is 0.714. The van der Waals surface area contributed by atoms with Crippen molar-refractivity contribution in [1.82, 2.24) is 5.32 Å². The minimum atomic E-state index is 0.489. The van der Waals surface area contributed by atoms with E-state index in [0.717, 1.165) is 17.8 Å². The Labute approximate surface area is 116 Å². The fourth-order valence-corrected chi connectivity index (χ4v) is 5.41. The standard InChI is InChI=1S/C14H20BrNS/c1-9(14-13(15)4-5-17-14)16-8-12-7-10-2-3-11(12)6-10/h4-5,9-12,16H,2-3,6-8H2,1H3. The van der Waals surface area contributed by atoms with Crippen LogP contribution >= 0.6 is 27.3 Å². The van der Waals surface area contributed by atoms with Gasteiger partial charge in [-0.2, -0.15) is 0 Å². The zero-order valence-electron chi connectivity index (χ0n) is 10.3. The summed E-state index contributed by atoms with van der Waals surface area (Å²) in [4.78, 5) is 1.44. The zero-order valence-corrected chi connectivity index (χ0v) is 12.7. The van der Waals surface area contributed by atoms with Crippen LogP contribution in [0.4, 0.5) is 0 Å². The minimum Gasteiger partial charge on any atom is -0.309 e. The van der Waals surface area contributed by atoms with E-state index < -0.39 is 0 Å².